The average molecular weight is 980 g/mol. The van der Waals surface area contributed by atoms with Crippen LogP contribution in [0.4, 0.5) is 11.4 Å². The van der Waals surface area contributed by atoms with E-state index in [2.05, 4.69) is 21.1 Å². The Morgan fingerprint density at radius 3 is 1.22 bits per heavy atom. The van der Waals surface area contributed by atoms with Crippen LogP contribution in [-0.4, -0.2) is 83.2 Å². The molecule has 0 aliphatic heterocycles. The molecule has 3 aliphatic carbocycles. The molecule has 0 radical (unpaired) electrons. The topological polar surface area (TPSA) is 325 Å². The maximum absolute atomic E-state index is 11.7. The number of nitrogens with zero attached hydrogens (tertiary/aromatic N) is 2. The molecule has 2 aromatic rings. The normalized spacial score (nSPS) is 19.8. The minimum Gasteiger partial charge on any atom is -0.744 e. The molecule has 5 rings (SSSR count). The van der Waals surface area contributed by atoms with E-state index in [0.717, 1.165) is 37.1 Å². The quantitative estimate of drug-likeness (QED) is 0.127. The van der Waals surface area contributed by atoms with E-state index in [0.29, 0.717) is 11.4 Å². The van der Waals surface area contributed by atoms with Crippen LogP contribution < -0.4 is 10.9 Å². The van der Waals surface area contributed by atoms with Crippen LogP contribution >= 0.6 is 0 Å². The van der Waals surface area contributed by atoms with Crippen molar-refractivity contribution in [2.75, 3.05) is 10.9 Å². The third-order valence-corrected chi connectivity index (χ3v) is 9.39. The fraction of sp³-hybridized carbons (Fsp3) is 0.235. The summed E-state index contributed by atoms with van der Waals surface area (Å²) in [7, 11) is -9.03. The smallest absolute Gasteiger partial charge is 0.744 e. The fourth-order valence-electron chi connectivity index (χ4n) is 4.76. The van der Waals surface area contributed by atoms with Gasteiger partial charge in [-0.05, 0) is 97.8 Å². The van der Waals surface area contributed by atoms with Gasteiger partial charge < -0.3 is 30.8 Å². The molecule has 0 aromatic heterocycles. The first-order valence-corrected chi connectivity index (χ1v) is 18.6. The molecule has 0 saturated heterocycles. The number of hydrazone groups is 2. The summed E-state index contributed by atoms with van der Waals surface area (Å²) in [5.74, 6) is -3.23. The summed E-state index contributed by atoms with van der Waals surface area (Å²) in [6.45, 7) is 3.00. The largest absolute Gasteiger partial charge is 4.00 e. The second-order valence-electron chi connectivity index (χ2n) is 11.8. The molecule has 294 valence electrons. The molecule has 8 N–H and O–H groups in total. The maximum atomic E-state index is 11.7. The molecular formula is C34H36N6O12PtS2+2. The monoisotopic (exact) mass is 979 g/mol. The SMILES string of the molecule is CC1=CC(=NNc2ccc(S(=O)(=O)[O-])cc2)C=C(C(=O)[OH2+])C1=O.CC1=CC(=NNc2ccc(S(=O)(=O)[O-])cc2)C=C(C(=O)[OH2+])C1=O.[NH-]C1CCCCC1[NH-].[Pt+4]. The van der Waals surface area contributed by atoms with Crippen LogP contribution in [0.15, 0.2) is 115 Å². The van der Waals surface area contributed by atoms with Crippen molar-refractivity contribution in [2.45, 2.75) is 61.4 Å². The number of benzene rings is 2. The Morgan fingerprint density at radius 1 is 0.655 bits per heavy atom. The van der Waals surface area contributed by atoms with Crippen LogP contribution in [0, 0.1) is 0 Å². The Balaban J connectivity index is 0.000000312. The van der Waals surface area contributed by atoms with Gasteiger partial charge in [0.2, 0.25) is 11.6 Å². The Morgan fingerprint density at radius 2 is 0.964 bits per heavy atom. The molecule has 3 aliphatic rings. The Bertz CT molecular complexity index is 2060. The molecule has 18 nitrogen and oxygen atoms in total. The number of ketones is 2. The van der Waals surface area contributed by atoms with Gasteiger partial charge in [0.05, 0.1) is 32.6 Å². The Kier molecular flexibility index (Phi) is 16.9. The standard InChI is InChI=1S/2C14H12N2O6S.C6H12N2.Pt/c2*1-8-6-10(7-12(13(8)17)14(18)19)16-15-9-2-4-11(5-3-9)23(20,21)22;7-5-3-1-2-4-6(5)8;/h2*2-7,15H,1H3,(H,18,19)(H,20,21,22);5-8H,1-4H2;/q;;-2;+4. The molecule has 21 heteroatoms. The second kappa shape index (κ2) is 20.1. The maximum Gasteiger partial charge on any atom is 4.00 e. The number of rotatable bonds is 8. The zero-order valence-electron chi connectivity index (χ0n) is 29.0. The van der Waals surface area contributed by atoms with Gasteiger partial charge in [0.25, 0.3) is 0 Å². The summed E-state index contributed by atoms with van der Waals surface area (Å²) in [5.41, 5.74) is 21.1. The van der Waals surface area contributed by atoms with E-state index in [1.807, 2.05) is 0 Å². The summed E-state index contributed by atoms with van der Waals surface area (Å²) >= 11 is 0. The third kappa shape index (κ3) is 14.0. The molecule has 2 atom stereocenters. The van der Waals surface area contributed by atoms with Crippen LogP contribution in [0.1, 0.15) is 39.5 Å². The number of hydrogen-bond acceptors (Lipinski definition) is 14. The minimum atomic E-state index is -4.51. The van der Waals surface area contributed by atoms with E-state index >= 15 is 0 Å². The van der Waals surface area contributed by atoms with Crippen LogP contribution in [0.2, 0.25) is 0 Å². The zero-order valence-corrected chi connectivity index (χ0v) is 32.9. The number of Topliss-reactive ketones (excluding diaryl/α,β-unsaturated/α-hetero) is 2. The van der Waals surface area contributed by atoms with Crippen molar-refractivity contribution in [3.63, 3.8) is 0 Å². The predicted octanol–water partition coefficient (Wildman–Crippen LogP) is 2.53. The number of carbonyl (C=O) groups is 4. The van der Waals surface area contributed by atoms with Crippen molar-refractivity contribution in [3.05, 3.63) is 107 Å². The predicted molar refractivity (Wildman–Crippen MR) is 197 cm³/mol. The molecule has 0 amide bonds. The van der Waals surface area contributed by atoms with E-state index < -0.39 is 43.7 Å². The minimum absolute atomic E-state index is 0. The summed E-state index contributed by atoms with van der Waals surface area (Å²) < 4.78 is 64.9. The number of carbonyl (C=O) groups excluding carboxylic acids is 4. The summed E-state index contributed by atoms with van der Waals surface area (Å²) in [4.78, 5) is 44.8. The number of hydrogen-bond donors (Lipinski definition) is 2. The molecule has 1 fully saturated rings. The summed E-state index contributed by atoms with van der Waals surface area (Å²) in [6, 6.07) is 9.75. The van der Waals surface area contributed by atoms with Crippen molar-refractivity contribution in [1.82, 2.24) is 0 Å². The first-order chi connectivity index (χ1) is 25.2. The molecule has 0 bridgehead atoms. The van der Waals surface area contributed by atoms with Crippen molar-refractivity contribution in [2.24, 2.45) is 10.2 Å². The van der Waals surface area contributed by atoms with Crippen LogP contribution in [0.5, 0.6) is 0 Å². The molecular weight excluding hydrogens is 944 g/mol. The first-order valence-electron chi connectivity index (χ1n) is 15.8. The van der Waals surface area contributed by atoms with E-state index in [1.165, 1.54) is 75.3 Å². The van der Waals surface area contributed by atoms with E-state index in [1.54, 1.807) is 0 Å². The fourth-order valence-corrected chi connectivity index (χ4v) is 5.70. The van der Waals surface area contributed by atoms with Gasteiger partial charge in [-0.3, -0.25) is 20.4 Å². The van der Waals surface area contributed by atoms with Crippen LogP contribution in [-0.2, 0) is 60.5 Å². The van der Waals surface area contributed by atoms with E-state index in [-0.39, 0.29) is 76.7 Å². The van der Waals surface area contributed by atoms with E-state index in [4.69, 9.17) is 21.7 Å². The Hall–Kier alpha value is -4.95. The molecule has 0 spiro atoms. The van der Waals surface area contributed by atoms with Crippen molar-refractivity contribution < 1.29 is 76.4 Å². The zero-order chi connectivity index (χ0) is 40.4. The van der Waals surface area contributed by atoms with E-state index in [9.17, 15) is 45.1 Å². The number of nitrogens with one attached hydrogen (secondary N) is 4. The average Bonchev–Trinajstić information content (AvgIpc) is 3.10. The second-order valence-corrected chi connectivity index (χ2v) is 14.6. The number of allylic oxidation sites excluding steroid dienone is 6. The van der Waals surface area contributed by atoms with Gasteiger partial charge in [-0.15, -0.1) is 0 Å². The Labute approximate surface area is 330 Å². The molecule has 0 heterocycles. The van der Waals surface area contributed by atoms with Crippen molar-refractivity contribution >= 4 is 66.5 Å². The molecule has 55 heavy (non-hydrogen) atoms. The van der Waals surface area contributed by atoms with Crippen LogP contribution in [0.25, 0.3) is 11.5 Å². The third-order valence-electron chi connectivity index (χ3n) is 7.69. The van der Waals surface area contributed by atoms with Crippen molar-refractivity contribution in [3.8, 4) is 0 Å². The summed E-state index contributed by atoms with van der Waals surface area (Å²) in [6.07, 6.45) is 9.51. The van der Waals surface area contributed by atoms with Gasteiger partial charge >= 0.3 is 33.0 Å². The number of anilines is 2. The first kappa shape index (κ1) is 46.2. The summed E-state index contributed by atoms with van der Waals surface area (Å²) in [5, 5.41) is 22.0. The van der Waals surface area contributed by atoms with Gasteiger partial charge in [-0.1, -0.05) is 25.7 Å². The van der Waals surface area contributed by atoms with Gasteiger partial charge in [-0.2, -0.15) is 22.3 Å². The molecule has 1 saturated carbocycles. The van der Waals surface area contributed by atoms with Crippen molar-refractivity contribution in [1.29, 1.82) is 0 Å². The molecule has 2 unspecified atom stereocenters. The van der Waals surface area contributed by atoms with Gasteiger partial charge in [-0.25, -0.2) is 16.8 Å². The van der Waals surface area contributed by atoms with Gasteiger partial charge in [0, 0.05) is 9.59 Å². The van der Waals surface area contributed by atoms with Gasteiger partial charge in [0.15, 0.2) is 11.1 Å². The van der Waals surface area contributed by atoms with Crippen LogP contribution in [0.3, 0.4) is 0 Å². The van der Waals surface area contributed by atoms with Gasteiger partial charge in [0.1, 0.15) is 20.2 Å². The molecule has 2 aromatic carbocycles.